The predicted molar refractivity (Wildman–Crippen MR) is 61.9 cm³/mol. The molecular formula is C13H18FNO. The fourth-order valence-electron chi connectivity index (χ4n) is 2.30. The minimum atomic E-state index is -0.369. The third-order valence-electron chi connectivity index (χ3n) is 3.30. The second-order valence-corrected chi connectivity index (χ2v) is 4.55. The SMILES string of the molecule is Cc1cc(F)ccc1CC(O)C1CCCN1. The van der Waals surface area contributed by atoms with Crippen LogP contribution in [0, 0.1) is 12.7 Å². The van der Waals surface area contributed by atoms with E-state index < -0.39 is 0 Å². The molecule has 16 heavy (non-hydrogen) atoms. The van der Waals surface area contributed by atoms with Gasteiger partial charge in [0.15, 0.2) is 0 Å². The summed E-state index contributed by atoms with van der Waals surface area (Å²) in [6, 6.07) is 4.94. The van der Waals surface area contributed by atoms with E-state index in [1.54, 1.807) is 6.07 Å². The molecule has 1 aromatic rings. The third kappa shape index (κ3) is 2.60. The summed E-state index contributed by atoms with van der Waals surface area (Å²) in [4.78, 5) is 0. The van der Waals surface area contributed by atoms with E-state index in [-0.39, 0.29) is 18.0 Å². The normalized spacial score (nSPS) is 22.3. The van der Waals surface area contributed by atoms with Crippen LogP contribution in [0.5, 0.6) is 0 Å². The number of aryl methyl sites for hydroxylation is 1. The molecule has 1 saturated heterocycles. The summed E-state index contributed by atoms with van der Waals surface area (Å²) in [5, 5.41) is 13.3. The maximum absolute atomic E-state index is 12.9. The molecule has 0 saturated carbocycles. The van der Waals surface area contributed by atoms with E-state index in [0.717, 1.165) is 30.5 Å². The van der Waals surface area contributed by atoms with Gasteiger partial charge in [-0.1, -0.05) is 6.07 Å². The Hall–Kier alpha value is -0.930. The summed E-state index contributed by atoms with van der Waals surface area (Å²) in [5.74, 6) is -0.213. The lowest BCUT2D eigenvalue weighted by atomic mass is 9.98. The van der Waals surface area contributed by atoms with Crippen LogP contribution in [0.25, 0.3) is 0 Å². The quantitative estimate of drug-likeness (QED) is 0.819. The maximum Gasteiger partial charge on any atom is 0.123 e. The minimum absolute atomic E-state index is 0.199. The fourth-order valence-corrected chi connectivity index (χ4v) is 2.30. The molecule has 0 radical (unpaired) electrons. The molecule has 0 amide bonds. The zero-order valence-electron chi connectivity index (χ0n) is 9.54. The molecule has 0 bridgehead atoms. The molecular weight excluding hydrogens is 205 g/mol. The molecule has 0 aromatic heterocycles. The van der Waals surface area contributed by atoms with Crippen molar-refractivity contribution in [2.45, 2.75) is 38.3 Å². The number of hydrogen-bond acceptors (Lipinski definition) is 2. The van der Waals surface area contributed by atoms with Crippen molar-refractivity contribution < 1.29 is 9.50 Å². The van der Waals surface area contributed by atoms with Gasteiger partial charge in [0.25, 0.3) is 0 Å². The van der Waals surface area contributed by atoms with Gasteiger partial charge in [0.1, 0.15) is 5.82 Å². The lowest BCUT2D eigenvalue weighted by Crippen LogP contribution is -2.36. The van der Waals surface area contributed by atoms with E-state index in [1.165, 1.54) is 12.1 Å². The first-order valence-corrected chi connectivity index (χ1v) is 5.83. The van der Waals surface area contributed by atoms with E-state index in [9.17, 15) is 9.50 Å². The van der Waals surface area contributed by atoms with Crippen molar-refractivity contribution in [3.8, 4) is 0 Å². The Morgan fingerprint density at radius 1 is 1.56 bits per heavy atom. The highest BCUT2D eigenvalue weighted by Crippen LogP contribution is 2.17. The van der Waals surface area contributed by atoms with Crippen molar-refractivity contribution in [3.63, 3.8) is 0 Å². The first-order chi connectivity index (χ1) is 7.66. The van der Waals surface area contributed by atoms with Gasteiger partial charge in [-0.25, -0.2) is 4.39 Å². The molecule has 0 aliphatic carbocycles. The van der Waals surface area contributed by atoms with Gasteiger partial charge < -0.3 is 10.4 Å². The van der Waals surface area contributed by atoms with Crippen molar-refractivity contribution in [2.75, 3.05) is 6.54 Å². The van der Waals surface area contributed by atoms with E-state index in [0.29, 0.717) is 6.42 Å². The molecule has 3 heteroatoms. The summed E-state index contributed by atoms with van der Waals surface area (Å²) in [5.41, 5.74) is 1.94. The Kier molecular flexibility index (Phi) is 3.56. The zero-order chi connectivity index (χ0) is 11.5. The summed E-state index contributed by atoms with van der Waals surface area (Å²) >= 11 is 0. The monoisotopic (exact) mass is 223 g/mol. The van der Waals surface area contributed by atoms with Gasteiger partial charge in [0.2, 0.25) is 0 Å². The summed E-state index contributed by atoms with van der Waals surface area (Å²) in [6.07, 6.45) is 2.39. The molecule has 1 fully saturated rings. The second-order valence-electron chi connectivity index (χ2n) is 4.55. The van der Waals surface area contributed by atoms with Crippen LogP contribution in [-0.4, -0.2) is 23.8 Å². The zero-order valence-corrected chi connectivity index (χ0v) is 9.54. The lowest BCUT2D eigenvalue weighted by molar-refractivity contribution is 0.136. The second kappa shape index (κ2) is 4.93. The molecule has 1 aliphatic heterocycles. The van der Waals surface area contributed by atoms with Crippen molar-refractivity contribution >= 4 is 0 Å². The molecule has 1 heterocycles. The molecule has 0 spiro atoms. The minimum Gasteiger partial charge on any atom is -0.391 e. The molecule has 1 aliphatic rings. The van der Waals surface area contributed by atoms with Crippen molar-refractivity contribution in [3.05, 3.63) is 35.1 Å². The van der Waals surface area contributed by atoms with Crippen LogP contribution < -0.4 is 5.32 Å². The van der Waals surface area contributed by atoms with E-state index in [2.05, 4.69) is 5.32 Å². The predicted octanol–water partition coefficient (Wildman–Crippen LogP) is 1.79. The number of rotatable bonds is 3. The smallest absolute Gasteiger partial charge is 0.123 e. The Morgan fingerprint density at radius 2 is 2.38 bits per heavy atom. The number of halogens is 1. The summed E-state index contributed by atoms with van der Waals surface area (Å²) in [7, 11) is 0. The first-order valence-electron chi connectivity index (χ1n) is 5.83. The molecule has 2 unspecified atom stereocenters. The fraction of sp³-hybridized carbons (Fsp3) is 0.538. The summed E-state index contributed by atoms with van der Waals surface area (Å²) in [6.45, 7) is 2.87. The van der Waals surface area contributed by atoms with Gasteiger partial charge in [0, 0.05) is 12.5 Å². The number of hydrogen-bond donors (Lipinski definition) is 2. The average Bonchev–Trinajstić information content (AvgIpc) is 2.75. The van der Waals surface area contributed by atoms with Gasteiger partial charge in [-0.3, -0.25) is 0 Å². The van der Waals surface area contributed by atoms with Crippen molar-refractivity contribution in [1.82, 2.24) is 5.32 Å². The van der Waals surface area contributed by atoms with E-state index in [1.807, 2.05) is 6.92 Å². The number of aliphatic hydroxyl groups is 1. The highest BCUT2D eigenvalue weighted by molar-refractivity contribution is 5.27. The summed E-state index contributed by atoms with van der Waals surface area (Å²) < 4.78 is 12.9. The number of nitrogens with one attached hydrogen (secondary N) is 1. The van der Waals surface area contributed by atoms with Crippen LogP contribution in [0.1, 0.15) is 24.0 Å². The number of benzene rings is 1. The van der Waals surface area contributed by atoms with Crippen LogP contribution in [0.15, 0.2) is 18.2 Å². The molecule has 88 valence electrons. The van der Waals surface area contributed by atoms with Gasteiger partial charge in [-0.05, 0) is 49.6 Å². The van der Waals surface area contributed by atoms with Crippen molar-refractivity contribution in [2.24, 2.45) is 0 Å². The van der Waals surface area contributed by atoms with E-state index >= 15 is 0 Å². The molecule has 1 aromatic carbocycles. The van der Waals surface area contributed by atoms with Crippen LogP contribution in [0.3, 0.4) is 0 Å². The Morgan fingerprint density at radius 3 is 3.00 bits per heavy atom. The van der Waals surface area contributed by atoms with Gasteiger partial charge in [-0.2, -0.15) is 0 Å². The van der Waals surface area contributed by atoms with Crippen LogP contribution in [0.4, 0.5) is 4.39 Å². The van der Waals surface area contributed by atoms with Gasteiger partial charge in [-0.15, -0.1) is 0 Å². The Bertz CT molecular complexity index is 361. The van der Waals surface area contributed by atoms with Gasteiger partial charge >= 0.3 is 0 Å². The van der Waals surface area contributed by atoms with Crippen LogP contribution in [-0.2, 0) is 6.42 Å². The van der Waals surface area contributed by atoms with E-state index in [4.69, 9.17) is 0 Å². The molecule has 2 N–H and O–H groups in total. The Labute approximate surface area is 95.5 Å². The molecule has 2 nitrogen and oxygen atoms in total. The van der Waals surface area contributed by atoms with Crippen LogP contribution >= 0.6 is 0 Å². The van der Waals surface area contributed by atoms with Gasteiger partial charge in [0.05, 0.1) is 6.10 Å². The first kappa shape index (κ1) is 11.6. The molecule has 2 rings (SSSR count). The maximum atomic E-state index is 12.9. The third-order valence-corrected chi connectivity index (χ3v) is 3.30. The topological polar surface area (TPSA) is 32.3 Å². The number of aliphatic hydroxyl groups excluding tert-OH is 1. The highest BCUT2D eigenvalue weighted by atomic mass is 19.1. The van der Waals surface area contributed by atoms with Crippen LogP contribution in [0.2, 0.25) is 0 Å². The standard InChI is InChI=1S/C13H18FNO/c1-9-7-11(14)5-4-10(9)8-13(16)12-3-2-6-15-12/h4-5,7,12-13,15-16H,2-3,6,8H2,1H3. The largest absolute Gasteiger partial charge is 0.391 e. The molecule has 2 atom stereocenters. The van der Waals surface area contributed by atoms with Crippen molar-refractivity contribution in [1.29, 1.82) is 0 Å². The Balaban J connectivity index is 2.02. The highest BCUT2D eigenvalue weighted by Gasteiger charge is 2.22. The lowest BCUT2D eigenvalue weighted by Gasteiger charge is -2.19. The average molecular weight is 223 g/mol.